The summed E-state index contributed by atoms with van der Waals surface area (Å²) in [6.45, 7) is 3.29. The van der Waals surface area contributed by atoms with Crippen molar-refractivity contribution in [3.63, 3.8) is 0 Å². The van der Waals surface area contributed by atoms with Crippen molar-refractivity contribution in [2.75, 3.05) is 10.0 Å². The number of carbonyl (C=O) groups excluding carboxylic acids is 2. The van der Waals surface area contributed by atoms with Gasteiger partial charge < -0.3 is 10.1 Å². The average Bonchev–Trinajstić information content (AvgIpc) is 2.74. The van der Waals surface area contributed by atoms with Gasteiger partial charge in [0, 0.05) is 5.69 Å². The first kappa shape index (κ1) is 23.0. The zero-order valence-corrected chi connectivity index (χ0v) is 18.1. The van der Waals surface area contributed by atoms with Gasteiger partial charge in [0.25, 0.3) is 15.9 Å². The number of carbonyl (C=O) groups is 2. The number of hydrogen-bond donors (Lipinski definition) is 2. The molecular formula is C23H21FN2O5S. The van der Waals surface area contributed by atoms with E-state index in [1.54, 1.807) is 18.2 Å². The molecule has 1 atom stereocenters. The Hall–Kier alpha value is -3.72. The largest absolute Gasteiger partial charge is 0.449 e. The second-order valence-electron chi connectivity index (χ2n) is 7.01. The molecule has 1 unspecified atom stereocenters. The van der Waals surface area contributed by atoms with Crippen LogP contribution in [0, 0.1) is 12.7 Å². The second-order valence-corrected chi connectivity index (χ2v) is 8.69. The number of benzene rings is 3. The summed E-state index contributed by atoms with van der Waals surface area (Å²) in [5, 5.41) is 2.66. The van der Waals surface area contributed by atoms with Crippen molar-refractivity contribution >= 4 is 33.3 Å². The minimum atomic E-state index is -4.08. The van der Waals surface area contributed by atoms with Gasteiger partial charge in [0.05, 0.1) is 16.1 Å². The second kappa shape index (κ2) is 9.61. The molecule has 2 N–H and O–H groups in total. The van der Waals surface area contributed by atoms with Crippen LogP contribution in [0.25, 0.3) is 0 Å². The Morgan fingerprint density at radius 1 is 0.969 bits per heavy atom. The predicted octanol–water partition coefficient (Wildman–Crippen LogP) is 4.12. The summed E-state index contributed by atoms with van der Waals surface area (Å²) in [5.74, 6) is -1.99. The fourth-order valence-electron chi connectivity index (χ4n) is 2.81. The molecule has 0 radical (unpaired) electrons. The Morgan fingerprint density at radius 2 is 1.66 bits per heavy atom. The van der Waals surface area contributed by atoms with E-state index >= 15 is 0 Å². The van der Waals surface area contributed by atoms with Gasteiger partial charge in [-0.1, -0.05) is 24.3 Å². The van der Waals surface area contributed by atoms with E-state index in [1.807, 2.05) is 13.0 Å². The number of para-hydroxylation sites is 1. The minimum Gasteiger partial charge on any atom is -0.449 e. The Morgan fingerprint density at radius 3 is 2.34 bits per heavy atom. The van der Waals surface area contributed by atoms with Gasteiger partial charge in [-0.2, -0.15) is 0 Å². The maximum atomic E-state index is 13.1. The van der Waals surface area contributed by atoms with Gasteiger partial charge in [-0.15, -0.1) is 0 Å². The number of hydrogen-bond acceptors (Lipinski definition) is 5. The number of sulfonamides is 1. The predicted molar refractivity (Wildman–Crippen MR) is 118 cm³/mol. The van der Waals surface area contributed by atoms with Gasteiger partial charge in [-0.05, 0) is 67.9 Å². The zero-order valence-electron chi connectivity index (χ0n) is 17.3. The van der Waals surface area contributed by atoms with Crippen molar-refractivity contribution in [3.05, 3.63) is 89.7 Å². The Kier molecular flexibility index (Phi) is 6.89. The van der Waals surface area contributed by atoms with Gasteiger partial charge in [0.2, 0.25) is 0 Å². The first-order valence-electron chi connectivity index (χ1n) is 9.61. The van der Waals surface area contributed by atoms with Crippen LogP contribution < -0.4 is 10.0 Å². The maximum absolute atomic E-state index is 13.1. The summed E-state index contributed by atoms with van der Waals surface area (Å²) in [4.78, 5) is 24.9. The number of amides is 1. The number of anilines is 2. The Labute approximate surface area is 185 Å². The summed E-state index contributed by atoms with van der Waals surface area (Å²) in [6, 6.07) is 17.2. The summed E-state index contributed by atoms with van der Waals surface area (Å²) >= 11 is 0. The van der Waals surface area contributed by atoms with Crippen LogP contribution in [0.5, 0.6) is 0 Å². The molecule has 9 heteroatoms. The van der Waals surface area contributed by atoms with Crippen LogP contribution in [-0.2, 0) is 19.6 Å². The Balaban J connectivity index is 1.73. The molecule has 3 aromatic rings. The summed E-state index contributed by atoms with van der Waals surface area (Å²) in [7, 11) is -4.08. The van der Waals surface area contributed by atoms with Crippen LogP contribution in [0.15, 0.2) is 77.7 Å². The van der Waals surface area contributed by atoms with E-state index in [-0.39, 0.29) is 16.1 Å². The van der Waals surface area contributed by atoms with Crippen LogP contribution in [0.2, 0.25) is 0 Å². The lowest BCUT2D eigenvalue weighted by Crippen LogP contribution is -2.30. The van der Waals surface area contributed by atoms with E-state index in [0.29, 0.717) is 5.69 Å². The van der Waals surface area contributed by atoms with Crippen molar-refractivity contribution in [1.29, 1.82) is 0 Å². The number of aryl methyl sites for hydroxylation is 1. The molecule has 0 saturated carbocycles. The molecule has 3 aromatic carbocycles. The van der Waals surface area contributed by atoms with Crippen molar-refractivity contribution in [1.82, 2.24) is 0 Å². The van der Waals surface area contributed by atoms with Crippen molar-refractivity contribution < 1.29 is 27.1 Å². The fraction of sp³-hybridized carbons (Fsp3) is 0.130. The van der Waals surface area contributed by atoms with Crippen molar-refractivity contribution in [3.8, 4) is 0 Å². The molecule has 1 amide bonds. The Bertz CT molecular complexity index is 1240. The lowest BCUT2D eigenvalue weighted by atomic mass is 10.2. The first-order chi connectivity index (χ1) is 15.2. The lowest BCUT2D eigenvalue weighted by Gasteiger charge is -2.16. The molecule has 0 saturated heterocycles. The number of halogens is 1. The molecule has 0 spiro atoms. The summed E-state index contributed by atoms with van der Waals surface area (Å²) in [6.07, 6.45) is -1.13. The molecule has 7 nitrogen and oxygen atoms in total. The molecule has 0 aromatic heterocycles. The molecule has 0 bridgehead atoms. The highest BCUT2D eigenvalue weighted by Crippen LogP contribution is 2.22. The van der Waals surface area contributed by atoms with E-state index in [4.69, 9.17) is 4.74 Å². The fourth-order valence-corrected chi connectivity index (χ4v) is 3.89. The minimum absolute atomic E-state index is 0.0342. The topological polar surface area (TPSA) is 102 Å². The molecular weight excluding hydrogens is 435 g/mol. The number of rotatable bonds is 7. The monoisotopic (exact) mass is 456 g/mol. The van der Waals surface area contributed by atoms with Gasteiger partial charge in [-0.25, -0.2) is 17.6 Å². The molecule has 0 aliphatic heterocycles. The van der Waals surface area contributed by atoms with Gasteiger partial charge in [0.15, 0.2) is 6.10 Å². The number of ether oxygens (including phenoxy) is 1. The summed E-state index contributed by atoms with van der Waals surface area (Å²) in [5.41, 5.74) is 1.40. The highest BCUT2D eigenvalue weighted by molar-refractivity contribution is 7.92. The molecule has 0 heterocycles. The van der Waals surface area contributed by atoms with E-state index in [0.717, 1.165) is 29.8 Å². The zero-order chi connectivity index (χ0) is 23.3. The van der Waals surface area contributed by atoms with Crippen LogP contribution >= 0.6 is 0 Å². The molecule has 3 rings (SSSR count). The first-order valence-corrected chi connectivity index (χ1v) is 11.1. The van der Waals surface area contributed by atoms with Crippen molar-refractivity contribution in [2.24, 2.45) is 0 Å². The molecule has 32 heavy (non-hydrogen) atoms. The van der Waals surface area contributed by atoms with E-state index in [2.05, 4.69) is 10.0 Å². The maximum Gasteiger partial charge on any atom is 0.341 e. The third-order valence-corrected chi connectivity index (χ3v) is 5.84. The lowest BCUT2D eigenvalue weighted by molar-refractivity contribution is -0.123. The molecule has 166 valence electrons. The highest BCUT2D eigenvalue weighted by atomic mass is 32.2. The van der Waals surface area contributed by atoms with Gasteiger partial charge >= 0.3 is 5.97 Å². The summed E-state index contributed by atoms with van der Waals surface area (Å²) < 4.78 is 45.8. The highest BCUT2D eigenvalue weighted by Gasteiger charge is 2.23. The van der Waals surface area contributed by atoms with E-state index < -0.39 is 33.8 Å². The van der Waals surface area contributed by atoms with Gasteiger partial charge in [0.1, 0.15) is 5.82 Å². The van der Waals surface area contributed by atoms with Crippen LogP contribution in [0.4, 0.5) is 15.8 Å². The molecule has 0 aliphatic carbocycles. The van der Waals surface area contributed by atoms with E-state index in [1.165, 1.54) is 31.2 Å². The number of nitrogens with one attached hydrogen (secondary N) is 2. The third kappa shape index (κ3) is 5.70. The number of esters is 1. The molecule has 0 fully saturated rings. The standard InChI is InChI=1S/C23H21FN2O5S/c1-15-6-5-7-18(14-15)25-22(27)16(2)31-23(28)20-8-3-4-9-21(20)26-32(29,30)19-12-10-17(24)11-13-19/h3-14,16,26H,1-2H3,(H,25,27). The van der Waals surface area contributed by atoms with Crippen LogP contribution in [0.3, 0.4) is 0 Å². The van der Waals surface area contributed by atoms with Crippen LogP contribution in [0.1, 0.15) is 22.8 Å². The normalized spacial score (nSPS) is 12.0. The smallest absolute Gasteiger partial charge is 0.341 e. The van der Waals surface area contributed by atoms with Crippen molar-refractivity contribution in [2.45, 2.75) is 24.8 Å². The van der Waals surface area contributed by atoms with Gasteiger partial charge in [-0.3, -0.25) is 9.52 Å². The molecule has 0 aliphatic rings. The van der Waals surface area contributed by atoms with Crippen LogP contribution in [-0.4, -0.2) is 26.4 Å². The quantitative estimate of drug-likeness (QED) is 0.521. The average molecular weight is 456 g/mol. The SMILES string of the molecule is Cc1cccc(NC(=O)C(C)OC(=O)c2ccccc2NS(=O)(=O)c2ccc(F)cc2)c1. The third-order valence-electron chi connectivity index (χ3n) is 4.45. The van der Waals surface area contributed by atoms with E-state index in [9.17, 15) is 22.4 Å².